The second kappa shape index (κ2) is 14.1. The second-order valence-corrected chi connectivity index (χ2v) is 12.1. The molecule has 1 aliphatic rings. The average Bonchev–Trinajstić information content (AvgIpc) is 3.07. The van der Waals surface area contributed by atoms with Crippen LogP contribution in [0.2, 0.25) is 10.0 Å². The number of amides is 1. The van der Waals surface area contributed by atoms with Crippen molar-refractivity contribution in [3.63, 3.8) is 0 Å². The molecular weight excluding hydrogens is 621 g/mol. The van der Waals surface area contributed by atoms with Gasteiger partial charge in [0.2, 0.25) is 0 Å². The Kier molecular flexibility index (Phi) is 9.70. The summed E-state index contributed by atoms with van der Waals surface area (Å²) < 4.78 is 10.9. The minimum atomic E-state index is -0.319. The van der Waals surface area contributed by atoms with E-state index in [0.29, 0.717) is 55.0 Å². The zero-order valence-corrected chi connectivity index (χ0v) is 27.5. The molecule has 1 saturated heterocycles. The van der Waals surface area contributed by atoms with Crippen LogP contribution in [0.25, 0.3) is 22.0 Å². The molecule has 0 radical (unpaired) electrons. The Labute approximate surface area is 278 Å². The van der Waals surface area contributed by atoms with Crippen molar-refractivity contribution in [3.8, 4) is 22.6 Å². The highest BCUT2D eigenvalue weighted by Crippen LogP contribution is 2.47. The Morgan fingerprint density at radius 3 is 2.07 bits per heavy atom. The molecule has 0 unspecified atom stereocenters. The fourth-order valence-electron chi connectivity index (χ4n) is 5.79. The lowest BCUT2D eigenvalue weighted by Gasteiger charge is -2.34. The standard InChI is InChI=1S/C36H35Cl2N5O3/c1-23-6-8-24(9-7-23)21-42-15-17-43(18-16-42)22-25-10-13-31(40-20-25)41-36(44)28-12-11-26(27-5-4-14-39-35(27)28)32-33(37)29(45-2)19-30(46-3)34(32)38/h4-14,19-20H,15-18,21-22H2,1-3H3,(H,40,41,44). The third-order valence-electron chi connectivity index (χ3n) is 8.32. The zero-order valence-electron chi connectivity index (χ0n) is 26.0. The van der Waals surface area contributed by atoms with E-state index in [-0.39, 0.29) is 5.91 Å². The molecule has 236 valence electrons. The fraction of sp³-hybridized carbons (Fsp3) is 0.250. The first-order valence-corrected chi connectivity index (χ1v) is 15.8. The molecule has 0 saturated carbocycles. The van der Waals surface area contributed by atoms with Crippen LogP contribution >= 0.6 is 23.2 Å². The van der Waals surface area contributed by atoms with Crippen LogP contribution in [0.4, 0.5) is 5.82 Å². The van der Waals surface area contributed by atoms with Crippen molar-refractivity contribution in [2.75, 3.05) is 45.7 Å². The Morgan fingerprint density at radius 2 is 1.46 bits per heavy atom. The second-order valence-electron chi connectivity index (χ2n) is 11.4. The number of hydrogen-bond donors (Lipinski definition) is 1. The maximum atomic E-state index is 13.5. The molecule has 1 aliphatic heterocycles. The number of carbonyl (C=O) groups excluding carboxylic acids is 1. The maximum Gasteiger partial charge on any atom is 0.259 e. The van der Waals surface area contributed by atoms with Crippen LogP contribution in [0.15, 0.2) is 79.1 Å². The third kappa shape index (κ3) is 6.81. The van der Waals surface area contributed by atoms with E-state index in [2.05, 4.69) is 56.3 Å². The van der Waals surface area contributed by atoms with Crippen molar-refractivity contribution in [2.45, 2.75) is 20.0 Å². The van der Waals surface area contributed by atoms with E-state index in [9.17, 15) is 4.79 Å². The van der Waals surface area contributed by atoms with E-state index in [0.717, 1.165) is 44.8 Å². The number of halogens is 2. The number of methoxy groups -OCH3 is 2. The summed E-state index contributed by atoms with van der Waals surface area (Å²) in [5.74, 6) is 0.993. The number of aryl methyl sites for hydroxylation is 1. The largest absolute Gasteiger partial charge is 0.495 e. The first-order valence-electron chi connectivity index (χ1n) is 15.1. The van der Waals surface area contributed by atoms with Gasteiger partial charge in [-0.15, -0.1) is 0 Å². The zero-order chi connectivity index (χ0) is 32.2. The molecule has 8 nitrogen and oxygen atoms in total. The number of pyridine rings is 2. The number of piperazine rings is 1. The molecule has 10 heteroatoms. The van der Waals surface area contributed by atoms with Gasteiger partial charge in [0.15, 0.2) is 0 Å². The molecule has 3 aromatic carbocycles. The topological polar surface area (TPSA) is 79.8 Å². The van der Waals surface area contributed by atoms with Gasteiger partial charge in [-0.05, 0) is 41.8 Å². The molecule has 46 heavy (non-hydrogen) atoms. The Morgan fingerprint density at radius 1 is 0.826 bits per heavy atom. The summed E-state index contributed by atoms with van der Waals surface area (Å²) in [5.41, 5.74) is 5.88. The molecule has 1 amide bonds. The first kappa shape index (κ1) is 31.8. The first-order chi connectivity index (χ1) is 22.3. The van der Waals surface area contributed by atoms with Crippen LogP contribution in [0.3, 0.4) is 0 Å². The van der Waals surface area contributed by atoms with Gasteiger partial charge in [0.05, 0.1) is 35.3 Å². The molecule has 0 aliphatic carbocycles. The van der Waals surface area contributed by atoms with Crippen molar-refractivity contribution in [1.29, 1.82) is 0 Å². The molecule has 5 aromatic rings. The van der Waals surface area contributed by atoms with Gasteiger partial charge in [0, 0.05) is 68.7 Å². The number of benzene rings is 3. The third-order valence-corrected chi connectivity index (χ3v) is 9.07. The van der Waals surface area contributed by atoms with E-state index in [4.69, 9.17) is 32.7 Å². The number of aromatic nitrogens is 2. The van der Waals surface area contributed by atoms with E-state index in [1.807, 2.05) is 30.5 Å². The minimum absolute atomic E-state index is 0.319. The molecule has 0 bridgehead atoms. The van der Waals surface area contributed by atoms with Crippen LogP contribution in [0, 0.1) is 6.92 Å². The van der Waals surface area contributed by atoms with Crippen LogP contribution in [-0.2, 0) is 13.1 Å². The normalized spacial score (nSPS) is 13.9. The molecular formula is C36H35Cl2N5O3. The SMILES string of the molecule is COc1cc(OC)c(Cl)c(-c2ccc(C(=O)Nc3ccc(CN4CCN(Cc5ccc(C)cc5)CC4)cn3)c3ncccc23)c1Cl. The Bertz CT molecular complexity index is 1830. The minimum Gasteiger partial charge on any atom is -0.495 e. The van der Waals surface area contributed by atoms with Crippen molar-refractivity contribution >= 4 is 45.8 Å². The monoisotopic (exact) mass is 655 g/mol. The number of nitrogens with one attached hydrogen (secondary N) is 1. The van der Waals surface area contributed by atoms with Gasteiger partial charge >= 0.3 is 0 Å². The van der Waals surface area contributed by atoms with Crippen molar-refractivity contribution in [3.05, 3.63) is 111 Å². The van der Waals surface area contributed by atoms with Gasteiger partial charge in [0.1, 0.15) is 17.3 Å². The maximum absolute atomic E-state index is 13.5. The van der Waals surface area contributed by atoms with Gasteiger partial charge in [-0.1, -0.05) is 71.2 Å². The predicted molar refractivity (Wildman–Crippen MR) is 184 cm³/mol. The Hall–Kier alpha value is -4.21. The van der Waals surface area contributed by atoms with E-state index in [1.54, 1.807) is 24.4 Å². The number of nitrogens with zero attached hydrogens (tertiary/aromatic N) is 4. The van der Waals surface area contributed by atoms with Crippen LogP contribution < -0.4 is 14.8 Å². The summed E-state index contributed by atoms with van der Waals surface area (Å²) >= 11 is 13.4. The summed E-state index contributed by atoms with van der Waals surface area (Å²) in [5, 5.41) is 4.31. The van der Waals surface area contributed by atoms with Crippen molar-refractivity contribution < 1.29 is 14.3 Å². The summed E-state index contributed by atoms with van der Waals surface area (Å²) in [4.78, 5) is 27.5. The summed E-state index contributed by atoms with van der Waals surface area (Å²) in [6, 6.07) is 21.5. The van der Waals surface area contributed by atoms with Crippen LogP contribution in [0.5, 0.6) is 11.5 Å². The van der Waals surface area contributed by atoms with Gasteiger partial charge in [-0.2, -0.15) is 0 Å². The number of carbonyl (C=O) groups is 1. The van der Waals surface area contributed by atoms with Crippen molar-refractivity contribution in [1.82, 2.24) is 19.8 Å². The molecule has 0 atom stereocenters. The lowest BCUT2D eigenvalue weighted by Crippen LogP contribution is -2.45. The average molecular weight is 657 g/mol. The predicted octanol–water partition coefficient (Wildman–Crippen LogP) is 7.50. The fourth-order valence-corrected chi connectivity index (χ4v) is 6.49. The highest BCUT2D eigenvalue weighted by Gasteiger charge is 2.23. The van der Waals surface area contributed by atoms with Crippen LogP contribution in [0.1, 0.15) is 27.0 Å². The van der Waals surface area contributed by atoms with E-state index >= 15 is 0 Å². The number of fused-ring (bicyclic) bond motifs is 1. The summed E-state index contributed by atoms with van der Waals surface area (Å²) in [7, 11) is 3.06. The highest BCUT2D eigenvalue weighted by atomic mass is 35.5. The van der Waals surface area contributed by atoms with Crippen LogP contribution in [-0.4, -0.2) is 66.1 Å². The van der Waals surface area contributed by atoms with E-state index < -0.39 is 0 Å². The molecule has 1 fully saturated rings. The van der Waals surface area contributed by atoms with Gasteiger partial charge < -0.3 is 14.8 Å². The lowest BCUT2D eigenvalue weighted by atomic mass is 9.97. The lowest BCUT2D eigenvalue weighted by molar-refractivity contribution is 0.102. The molecule has 0 spiro atoms. The summed E-state index contributed by atoms with van der Waals surface area (Å²) in [6.07, 6.45) is 3.47. The summed E-state index contributed by atoms with van der Waals surface area (Å²) in [6.45, 7) is 7.97. The smallest absolute Gasteiger partial charge is 0.259 e. The highest BCUT2D eigenvalue weighted by molar-refractivity contribution is 6.41. The quantitative estimate of drug-likeness (QED) is 0.176. The van der Waals surface area contributed by atoms with E-state index in [1.165, 1.54) is 25.3 Å². The van der Waals surface area contributed by atoms with Crippen molar-refractivity contribution in [2.24, 2.45) is 0 Å². The van der Waals surface area contributed by atoms with Gasteiger partial charge in [0.25, 0.3) is 5.91 Å². The molecule has 3 heterocycles. The number of hydrogen-bond acceptors (Lipinski definition) is 7. The Balaban J connectivity index is 1.13. The number of anilines is 1. The molecule has 6 rings (SSSR count). The molecule has 1 N–H and O–H groups in total. The van der Waals surface area contributed by atoms with Gasteiger partial charge in [-0.25, -0.2) is 4.98 Å². The number of rotatable bonds is 9. The number of ether oxygens (including phenoxy) is 2. The molecule has 2 aromatic heterocycles. The van der Waals surface area contributed by atoms with Gasteiger partial charge in [-0.3, -0.25) is 19.6 Å².